The van der Waals surface area contributed by atoms with Gasteiger partial charge in [0.25, 0.3) is 0 Å². The number of ether oxygens (including phenoxy) is 2. The standard InChI is InChI=1S/C15H24N2O3/c1-2-5-17-10-13(9-16-17)14(18)12-3-6-20-15(8-12)4-7-19-11-15/h9-10,12,14,18H,2-8,11H2,1H3. The van der Waals surface area contributed by atoms with Crippen molar-refractivity contribution < 1.29 is 14.6 Å². The van der Waals surface area contributed by atoms with Crippen LogP contribution in [0.5, 0.6) is 0 Å². The fourth-order valence-electron chi connectivity index (χ4n) is 3.35. The summed E-state index contributed by atoms with van der Waals surface area (Å²) < 4.78 is 13.3. The molecule has 112 valence electrons. The van der Waals surface area contributed by atoms with Crippen molar-refractivity contribution in [2.75, 3.05) is 19.8 Å². The van der Waals surface area contributed by atoms with Gasteiger partial charge in [0.05, 0.1) is 24.5 Å². The summed E-state index contributed by atoms with van der Waals surface area (Å²) in [5.74, 6) is 0.240. The molecule has 0 aliphatic carbocycles. The maximum absolute atomic E-state index is 10.6. The Morgan fingerprint density at radius 1 is 1.55 bits per heavy atom. The van der Waals surface area contributed by atoms with E-state index in [1.54, 1.807) is 6.20 Å². The summed E-state index contributed by atoms with van der Waals surface area (Å²) in [7, 11) is 0. The summed E-state index contributed by atoms with van der Waals surface area (Å²) in [5.41, 5.74) is 0.781. The van der Waals surface area contributed by atoms with Gasteiger partial charge in [-0.1, -0.05) is 6.92 Å². The van der Waals surface area contributed by atoms with Crippen LogP contribution in [0.15, 0.2) is 12.4 Å². The van der Waals surface area contributed by atoms with E-state index in [9.17, 15) is 5.11 Å². The summed E-state index contributed by atoms with van der Waals surface area (Å²) in [5, 5.41) is 14.9. The van der Waals surface area contributed by atoms with Crippen molar-refractivity contribution in [2.24, 2.45) is 5.92 Å². The maximum atomic E-state index is 10.6. The first-order chi connectivity index (χ1) is 9.72. The SMILES string of the molecule is CCCn1cc(C(O)C2CCOC3(CCOC3)C2)cn1. The molecule has 3 unspecified atom stereocenters. The molecular weight excluding hydrogens is 256 g/mol. The van der Waals surface area contributed by atoms with Crippen LogP contribution in [0.4, 0.5) is 0 Å². The van der Waals surface area contributed by atoms with E-state index in [0.29, 0.717) is 13.2 Å². The second-order valence-corrected chi connectivity index (χ2v) is 6.07. The van der Waals surface area contributed by atoms with Gasteiger partial charge in [-0.3, -0.25) is 4.68 Å². The molecule has 1 N–H and O–H groups in total. The van der Waals surface area contributed by atoms with Crippen molar-refractivity contribution in [3.8, 4) is 0 Å². The molecule has 0 saturated carbocycles. The molecule has 0 radical (unpaired) electrons. The smallest absolute Gasteiger partial charge is 0.0940 e. The number of aliphatic hydroxyl groups is 1. The molecule has 1 spiro atoms. The van der Waals surface area contributed by atoms with Crippen LogP contribution in [0.1, 0.15) is 44.3 Å². The molecule has 0 aromatic carbocycles. The Morgan fingerprint density at radius 2 is 2.45 bits per heavy atom. The molecular formula is C15H24N2O3. The normalized spacial score (nSPS) is 31.8. The van der Waals surface area contributed by atoms with Crippen molar-refractivity contribution in [1.29, 1.82) is 0 Å². The summed E-state index contributed by atoms with van der Waals surface area (Å²) >= 11 is 0. The first-order valence-electron chi connectivity index (χ1n) is 7.64. The summed E-state index contributed by atoms with van der Waals surface area (Å²) in [4.78, 5) is 0. The Labute approximate surface area is 119 Å². The van der Waals surface area contributed by atoms with Crippen molar-refractivity contribution in [2.45, 2.75) is 50.9 Å². The lowest BCUT2D eigenvalue weighted by Crippen LogP contribution is -2.41. The highest BCUT2D eigenvalue weighted by Gasteiger charge is 2.43. The minimum absolute atomic E-state index is 0.149. The van der Waals surface area contributed by atoms with Crippen LogP contribution in [-0.2, 0) is 16.0 Å². The van der Waals surface area contributed by atoms with Gasteiger partial charge in [-0.05, 0) is 25.2 Å². The van der Waals surface area contributed by atoms with Gasteiger partial charge < -0.3 is 14.6 Å². The first-order valence-corrected chi connectivity index (χ1v) is 7.64. The van der Waals surface area contributed by atoms with Gasteiger partial charge in [-0.15, -0.1) is 0 Å². The minimum atomic E-state index is -0.443. The number of hydrogen-bond donors (Lipinski definition) is 1. The minimum Gasteiger partial charge on any atom is -0.388 e. The molecule has 3 rings (SSSR count). The van der Waals surface area contributed by atoms with Crippen molar-refractivity contribution in [3.63, 3.8) is 0 Å². The molecule has 5 nitrogen and oxygen atoms in total. The summed E-state index contributed by atoms with van der Waals surface area (Å²) in [6.07, 6.45) is 7.12. The number of hydrogen-bond acceptors (Lipinski definition) is 4. The van der Waals surface area contributed by atoms with Crippen LogP contribution in [0.3, 0.4) is 0 Å². The number of aromatic nitrogens is 2. The Hall–Kier alpha value is -0.910. The number of nitrogens with zero attached hydrogens (tertiary/aromatic N) is 2. The number of rotatable bonds is 4. The largest absolute Gasteiger partial charge is 0.388 e. The second-order valence-electron chi connectivity index (χ2n) is 6.07. The lowest BCUT2D eigenvalue weighted by Gasteiger charge is -2.38. The fraction of sp³-hybridized carbons (Fsp3) is 0.800. The number of aliphatic hydroxyl groups excluding tert-OH is 1. The molecule has 1 aromatic rings. The van der Waals surface area contributed by atoms with Gasteiger partial charge in [0.1, 0.15) is 0 Å². The lowest BCUT2D eigenvalue weighted by molar-refractivity contribution is -0.117. The Bertz CT molecular complexity index is 440. The molecule has 5 heteroatoms. The van der Waals surface area contributed by atoms with Gasteiger partial charge in [0.2, 0.25) is 0 Å². The average Bonchev–Trinajstić information content (AvgIpc) is 3.09. The van der Waals surface area contributed by atoms with E-state index >= 15 is 0 Å². The molecule has 0 bridgehead atoms. The predicted molar refractivity (Wildman–Crippen MR) is 74.3 cm³/mol. The van der Waals surface area contributed by atoms with Crippen LogP contribution < -0.4 is 0 Å². The van der Waals surface area contributed by atoms with E-state index in [1.165, 1.54) is 0 Å². The van der Waals surface area contributed by atoms with Gasteiger partial charge >= 0.3 is 0 Å². The Balaban J connectivity index is 1.67. The monoisotopic (exact) mass is 280 g/mol. The summed E-state index contributed by atoms with van der Waals surface area (Å²) in [6.45, 7) is 5.19. The first kappa shape index (κ1) is 14.0. The Morgan fingerprint density at radius 3 is 3.20 bits per heavy atom. The highest BCUT2D eigenvalue weighted by Crippen LogP contribution is 2.40. The highest BCUT2D eigenvalue weighted by molar-refractivity contribution is 5.10. The van der Waals surface area contributed by atoms with Crippen LogP contribution in [-0.4, -0.2) is 40.3 Å². The van der Waals surface area contributed by atoms with Crippen LogP contribution in [0.25, 0.3) is 0 Å². The highest BCUT2D eigenvalue weighted by atomic mass is 16.6. The lowest BCUT2D eigenvalue weighted by atomic mass is 9.81. The van der Waals surface area contributed by atoms with Crippen LogP contribution in [0, 0.1) is 5.92 Å². The van der Waals surface area contributed by atoms with Crippen molar-refractivity contribution in [3.05, 3.63) is 18.0 Å². The molecule has 2 fully saturated rings. The molecule has 2 aliphatic heterocycles. The van der Waals surface area contributed by atoms with Gasteiger partial charge in [-0.25, -0.2) is 0 Å². The summed E-state index contributed by atoms with van der Waals surface area (Å²) in [6, 6.07) is 0. The average molecular weight is 280 g/mol. The topological polar surface area (TPSA) is 56.5 Å². The molecule has 2 aliphatic rings. The van der Waals surface area contributed by atoms with Gasteiger partial charge in [0.15, 0.2) is 0 Å². The molecule has 0 amide bonds. The van der Waals surface area contributed by atoms with Crippen LogP contribution >= 0.6 is 0 Å². The zero-order valence-corrected chi connectivity index (χ0v) is 12.1. The van der Waals surface area contributed by atoms with E-state index in [0.717, 1.165) is 44.4 Å². The van der Waals surface area contributed by atoms with Gasteiger partial charge in [0, 0.05) is 37.9 Å². The Kier molecular flexibility index (Phi) is 4.10. The second kappa shape index (κ2) is 5.84. The quantitative estimate of drug-likeness (QED) is 0.915. The molecule has 3 atom stereocenters. The van der Waals surface area contributed by atoms with E-state index in [-0.39, 0.29) is 11.5 Å². The molecule has 3 heterocycles. The zero-order chi connectivity index (χ0) is 14.0. The zero-order valence-electron chi connectivity index (χ0n) is 12.1. The van der Waals surface area contributed by atoms with Crippen molar-refractivity contribution in [1.82, 2.24) is 9.78 Å². The van der Waals surface area contributed by atoms with E-state index in [2.05, 4.69) is 12.0 Å². The number of aryl methyl sites for hydroxylation is 1. The maximum Gasteiger partial charge on any atom is 0.0940 e. The van der Waals surface area contributed by atoms with Crippen LogP contribution in [0.2, 0.25) is 0 Å². The third kappa shape index (κ3) is 2.75. The molecule has 1 aromatic heterocycles. The van der Waals surface area contributed by atoms with E-state index in [1.807, 2.05) is 10.9 Å². The predicted octanol–water partition coefficient (Wildman–Crippen LogP) is 1.91. The molecule has 2 saturated heterocycles. The van der Waals surface area contributed by atoms with E-state index in [4.69, 9.17) is 9.47 Å². The third-order valence-corrected chi connectivity index (χ3v) is 4.49. The van der Waals surface area contributed by atoms with Crippen molar-refractivity contribution >= 4 is 0 Å². The fourth-order valence-corrected chi connectivity index (χ4v) is 3.35. The van der Waals surface area contributed by atoms with E-state index < -0.39 is 6.10 Å². The third-order valence-electron chi connectivity index (χ3n) is 4.49. The van der Waals surface area contributed by atoms with Gasteiger partial charge in [-0.2, -0.15) is 5.10 Å². The molecule has 20 heavy (non-hydrogen) atoms.